The summed E-state index contributed by atoms with van der Waals surface area (Å²) in [4.78, 5) is 28.6. The van der Waals surface area contributed by atoms with E-state index < -0.39 is 11.6 Å². The maximum absolute atomic E-state index is 13.9. The molecule has 0 spiro atoms. The number of carbonyl (C=O) groups is 2. The van der Waals surface area contributed by atoms with Crippen molar-refractivity contribution in [3.63, 3.8) is 0 Å². The third-order valence-electron chi connectivity index (χ3n) is 5.80. The first kappa shape index (κ1) is 26.8. The van der Waals surface area contributed by atoms with Crippen molar-refractivity contribution >= 4 is 35.0 Å². The molecule has 2 amide bonds. The van der Waals surface area contributed by atoms with Crippen LogP contribution in [0.25, 0.3) is 0 Å². The zero-order valence-corrected chi connectivity index (χ0v) is 22.1. The maximum Gasteiger partial charge on any atom is 0.242 e. The second-order valence-corrected chi connectivity index (χ2v) is 10.6. The Kier molecular flexibility index (Phi) is 8.98. The fourth-order valence-corrected chi connectivity index (χ4v) is 4.45. The lowest BCUT2D eigenvalue weighted by Crippen LogP contribution is -2.52. The highest BCUT2D eigenvalue weighted by molar-refractivity contribution is 6.35. The van der Waals surface area contributed by atoms with Gasteiger partial charge in [0.1, 0.15) is 6.04 Å². The molecule has 0 bridgehead atoms. The third-order valence-corrected chi connectivity index (χ3v) is 6.39. The second kappa shape index (κ2) is 11.7. The summed E-state index contributed by atoms with van der Waals surface area (Å²) in [5.74, 6) is -0.497. The maximum atomic E-state index is 13.9. The Morgan fingerprint density at radius 1 is 0.886 bits per heavy atom. The molecule has 184 valence electrons. The normalized spacial score (nSPS) is 12.3. The van der Waals surface area contributed by atoms with Gasteiger partial charge in [-0.3, -0.25) is 9.59 Å². The minimum absolute atomic E-state index is 0.134. The van der Waals surface area contributed by atoms with Crippen LogP contribution in [0.15, 0.2) is 78.9 Å². The van der Waals surface area contributed by atoms with Gasteiger partial charge in [0.25, 0.3) is 0 Å². The van der Waals surface area contributed by atoms with Gasteiger partial charge in [0.05, 0.1) is 0 Å². The first-order valence-electron chi connectivity index (χ1n) is 11.7. The Balaban J connectivity index is 1.95. The minimum Gasteiger partial charge on any atom is -0.350 e. The molecule has 6 heteroatoms. The van der Waals surface area contributed by atoms with Gasteiger partial charge < -0.3 is 10.2 Å². The predicted molar refractivity (Wildman–Crippen MR) is 144 cm³/mol. The van der Waals surface area contributed by atoms with Crippen molar-refractivity contribution in [3.05, 3.63) is 106 Å². The molecule has 0 aromatic heterocycles. The zero-order chi connectivity index (χ0) is 25.6. The largest absolute Gasteiger partial charge is 0.350 e. The van der Waals surface area contributed by atoms with Gasteiger partial charge in [-0.15, -0.1) is 0 Å². The summed E-state index contributed by atoms with van der Waals surface area (Å²) in [5, 5.41) is 3.97. The molecule has 0 saturated heterocycles. The molecule has 0 heterocycles. The molecule has 35 heavy (non-hydrogen) atoms. The highest BCUT2D eigenvalue weighted by Crippen LogP contribution is 2.30. The fraction of sp³-hybridized carbons (Fsp3) is 0.310. The summed E-state index contributed by atoms with van der Waals surface area (Å²) in [6.45, 7) is 7.70. The van der Waals surface area contributed by atoms with E-state index in [9.17, 15) is 9.59 Å². The second-order valence-electron chi connectivity index (χ2n) is 9.75. The summed E-state index contributed by atoms with van der Waals surface area (Å²) in [6.07, 6.45) is 0.215. The van der Waals surface area contributed by atoms with E-state index in [0.29, 0.717) is 10.0 Å². The van der Waals surface area contributed by atoms with Crippen LogP contribution in [0, 0.1) is 0 Å². The molecule has 0 aliphatic carbocycles. The quantitative estimate of drug-likeness (QED) is 0.360. The lowest BCUT2D eigenvalue weighted by atomic mass is 9.88. The van der Waals surface area contributed by atoms with E-state index in [4.69, 9.17) is 23.2 Å². The van der Waals surface area contributed by atoms with Gasteiger partial charge in [-0.2, -0.15) is 0 Å². The van der Waals surface area contributed by atoms with Gasteiger partial charge in [0, 0.05) is 34.5 Å². The van der Waals surface area contributed by atoms with E-state index >= 15 is 0 Å². The molecule has 1 unspecified atom stereocenters. The molecule has 4 nitrogen and oxygen atoms in total. The lowest BCUT2D eigenvalue weighted by molar-refractivity contribution is -0.141. The number of hydrogen-bond donors (Lipinski definition) is 1. The number of halogens is 2. The Labute approximate surface area is 218 Å². The van der Waals surface area contributed by atoms with Gasteiger partial charge in [-0.25, -0.2) is 0 Å². The van der Waals surface area contributed by atoms with Gasteiger partial charge in [-0.1, -0.05) is 89.9 Å². The van der Waals surface area contributed by atoms with Crippen molar-refractivity contribution in [2.45, 2.75) is 58.2 Å². The predicted octanol–water partition coefficient (Wildman–Crippen LogP) is 6.85. The van der Waals surface area contributed by atoms with Crippen molar-refractivity contribution in [3.8, 4) is 0 Å². The molecule has 0 aliphatic heterocycles. The first-order valence-corrected chi connectivity index (χ1v) is 12.5. The topological polar surface area (TPSA) is 49.4 Å². The average Bonchev–Trinajstić information content (AvgIpc) is 2.81. The van der Waals surface area contributed by atoms with E-state index in [1.165, 1.54) is 0 Å². The number of carbonyl (C=O) groups excluding carboxylic acids is 2. The van der Waals surface area contributed by atoms with E-state index in [0.717, 1.165) is 16.7 Å². The fourth-order valence-electron chi connectivity index (χ4n) is 3.98. The van der Waals surface area contributed by atoms with E-state index in [-0.39, 0.29) is 30.7 Å². The zero-order valence-electron chi connectivity index (χ0n) is 20.6. The van der Waals surface area contributed by atoms with Gasteiger partial charge in [-0.05, 0) is 56.5 Å². The molecule has 0 saturated carbocycles. The monoisotopic (exact) mass is 510 g/mol. The Bertz CT molecular complexity index is 1100. The van der Waals surface area contributed by atoms with Crippen LogP contribution >= 0.6 is 23.2 Å². The average molecular weight is 511 g/mol. The van der Waals surface area contributed by atoms with Crippen molar-refractivity contribution in [1.82, 2.24) is 10.2 Å². The highest BCUT2D eigenvalue weighted by Gasteiger charge is 2.31. The third kappa shape index (κ3) is 7.58. The van der Waals surface area contributed by atoms with Crippen molar-refractivity contribution in [2.24, 2.45) is 0 Å². The van der Waals surface area contributed by atoms with Gasteiger partial charge in [0.15, 0.2) is 0 Å². The van der Waals surface area contributed by atoms with Crippen LogP contribution in [0.2, 0.25) is 10.0 Å². The van der Waals surface area contributed by atoms with Crippen LogP contribution in [0.3, 0.4) is 0 Å². The van der Waals surface area contributed by atoms with Crippen LogP contribution in [-0.4, -0.2) is 28.3 Å². The Morgan fingerprint density at radius 3 is 1.91 bits per heavy atom. The Morgan fingerprint density at radius 2 is 1.43 bits per heavy atom. The van der Waals surface area contributed by atoms with Crippen molar-refractivity contribution in [2.75, 3.05) is 0 Å². The number of amides is 2. The first-order chi connectivity index (χ1) is 16.5. The van der Waals surface area contributed by atoms with Gasteiger partial charge in [0.2, 0.25) is 11.8 Å². The van der Waals surface area contributed by atoms with Crippen LogP contribution in [-0.2, 0) is 16.1 Å². The van der Waals surface area contributed by atoms with Crippen LogP contribution in [0.1, 0.15) is 56.7 Å². The van der Waals surface area contributed by atoms with Crippen molar-refractivity contribution < 1.29 is 9.59 Å². The number of nitrogens with zero attached hydrogens (tertiary/aromatic N) is 1. The highest BCUT2D eigenvalue weighted by atomic mass is 35.5. The molecule has 3 aromatic carbocycles. The Hall–Kier alpha value is -2.82. The van der Waals surface area contributed by atoms with Gasteiger partial charge >= 0.3 is 0 Å². The molecule has 0 fully saturated rings. The van der Waals surface area contributed by atoms with E-state index in [1.807, 2.05) is 81.4 Å². The SMILES string of the molecule is CC(C(=O)NC(C)(C)C)N(Cc1ccc(Cl)cc1Cl)C(=O)CC(c1ccccc1)c1ccccc1. The lowest BCUT2D eigenvalue weighted by Gasteiger charge is -2.33. The summed E-state index contributed by atoms with van der Waals surface area (Å²) < 4.78 is 0. The summed E-state index contributed by atoms with van der Waals surface area (Å²) >= 11 is 12.5. The van der Waals surface area contributed by atoms with E-state index in [1.54, 1.807) is 30.0 Å². The minimum atomic E-state index is -0.694. The number of nitrogens with one attached hydrogen (secondary N) is 1. The standard InChI is InChI=1S/C29H32Cl2N2O2/c1-20(28(35)32-29(2,3)4)33(19-23-15-16-24(30)17-26(23)31)27(34)18-25(21-11-7-5-8-12-21)22-13-9-6-10-14-22/h5-17,20,25H,18-19H2,1-4H3,(H,32,35). The summed E-state index contributed by atoms with van der Waals surface area (Å²) in [5.41, 5.74) is 2.40. The summed E-state index contributed by atoms with van der Waals surface area (Å²) in [7, 11) is 0. The van der Waals surface area contributed by atoms with E-state index in [2.05, 4.69) is 5.32 Å². The number of rotatable bonds is 8. The smallest absolute Gasteiger partial charge is 0.242 e. The summed E-state index contributed by atoms with van der Waals surface area (Å²) in [6, 6.07) is 24.4. The molecule has 0 radical (unpaired) electrons. The molecule has 1 N–H and O–H groups in total. The van der Waals surface area contributed by atoms with Crippen LogP contribution < -0.4 is 5.32 Å². The molecular weight excluding hydrogens is 479 g/mol. The molecule has 1 atom stereocenters. The number of hydrogen-bond acceptors (Lipinski definition) is 2. The molecule has 0 aliphatic rings. The van der Waals surface area contributed by atoms with Crippen LogP contribution in [0.4, 0.5) is 0 Å². The van der Waals surface area contributed by atoms with Crippen molar-refractivity contribution in [1.29, 1.82) is 0 Å². The molecular formula is C29H32Cl2N2O2. The van der Waals surface area contributed by atoms with Crippen LogP contribution in [0.5, 0.6) is 0 Å². The molecule has 3 rings (SSSR count). The molecule has 3 aromatic rings. The number of benzene rings is 3.